The van der Waals surface area contributed by atoms with Crippen LogP contribution < -0.4 is 0 Å². The molecule has 0 fully saturated rings. The lowest BCUT2D eigenvalue weighted by molar-refractivity contribution is 0.102. The number of halogens is 1. The molecule has 168 valence electrons. The summed E-state index contributed by atoms with van der Waals surface area (Å²) in [6, 6.07) is 17.6. The number of carbonyl (C=O) groups is 1. The summed E-state index contributed by atoms with van der Waals surface area (Å²) in [6.45, 7) is 10.5. The third kappa shape index (κ3) is 4.82. The molecule has 4 aromatic rings. The second kappa shape index (κ2) is 9.81. The van der Waals surface area contributed by atoms with Crippen molar-refractivity contribution in [3.05, 3.63) is 94.8 Å². The summed E-state index contributed by atoms with van der Waals surface area (Å²) in [5.41, 5.74) is 5.73. The quantitative estimate of drug-likeness (QED) is 0.166. The van der Waals surface area contributed by atoms with Crippen molar-refractivity contribution in [2.75, 3.05) is 5.75 Å². The van der Waals surface area contributed by atoms with Crippen LogP contribution in [0.4, 0.5) is 0 Å². The van der Waals surface area contributed by atoms with E-state index in [4.69, 9.17) is 11.6 Å². The van der Waals surface area contributed by atoms with Crippen molar-refractivity contribution in [1.29, 1.82) is 0 Å². The summed E-state index contributed by atoms with van der Waals surface area (Å²) < 4.78 is 4.09. The van der Waals surface area contributed by atoms with E-state index in [0.29, 0.717) is 22.5 Å². The fourth-order valence-corrected chi connectivity index (χ4v) is 4.81. The molecule has 4 rings (SSSR count). The number of benzene rings is 2. The Morgan fingerprint density at radius 3 is 2.55 bits per heavy atom. The van der Waals surface area contributed by atoms with Crippen LogP contribution in [0.5, 0.6) is 0 Å². The number of aromatic nitrogens is 4. The summed E-state index contributed by atoms with van der Waals surface area (Å²) in [7, 11) is 0. The molecule has 0 aliphatic carbocycles. The Balaban J connectivity index is 1.67. The summed E-state index contributed by atoms with van der Waals surface area (Å²) in [4.78, 5) is 13.1. The number of nitrogens with zero attached hydrogens (tertiary/aromatic N) is 4. The molecule has 0 N–H and O–H groups in total. The van der Waals surface area contributed by atoms with E-state index >= 15 is 0 Å². The summed E-state index contributed by atoms with van der Waals surface area (Å²) >= 11 is 7.47. The molecule has 0 bridgehead atoms. The highest BCUT2D eigenvalue weighted by molar-refractivity contribution is 7.99. The van der Waals surface area contributed by atoms with Crippen LogP contribution in [0.2, 0.25) is 5.02 Å². The number of aryl methyl sites for hydroxylation is 2. The molecular weight excluding hydrogens is 452 g/mol. The van der Waals surface area contributed by atoms with Gasteiger partial charge in [-0.05, 0) is 68.8 Å². The smallest absolute Gasteiger partial charge is 0.196 e. The first-order valence-corrected chi connectivity index (χ1v) is 12.0. The van der Waals surface area contributed by atoms with Gasteiger partial charge in [0.15, 0.2) is 16.8 Å². The third-order valence-corrected chi connectivity index (χ3v) is 6.69. The van der Waals surface area contributed by atoms with Crippen molar-refractivity contribution >= 4 is 29.1 Å². The molecule has 0 aliphatic heterocycles. The van der Waals surface area contributed by atoms with Crippen molar-refractivity contribution in [1.82, 2.24) is 19.3 Å². The molecule has 0 saturated heterocycles. The van der Waals surface area contributed by atoms with Crippen LogP contribution >= 0.6 is 23.4 Å². The molecule has 0 radical (unpaired) electrons. The highest BCUT2D eigenvalue weighted by atomic mass is 35.5. The van der Waals surface area contributed by atoms with Gasteiger partial charge in [0.25, 0.3) is 0 Å². The van der Waals surface area contributed by atoms with Crippen molar-refractivity contribution in [3.63, 3.8) is 0 Å². The average molecular weight is 477 g/mol. The number of thioether (sulfide) groups is 1. The lowest BCUT2D eigenvalue weighted by Crippen LogP contribution is -2.07. The number of allylic oxidation sites excluding steroid dienone is 1. The molecule has 2 heterocycles. The molecule has 2 aromatic heterocycles. The molecule has 5 nitrogen and oxygen atoms in total. The van der Waals surface area contributed by atoms with Crippen LogP contribution in [-0.4, -0.2) is 30.9 Å². The molecule has 7 heteroatoms. The van der Waals surface area contributed by atoms with Gasteiger partial charge < -0.3 is 4.57 Å². The standard InChI is InChI=1S/C26H25ClN4OS/c1-5-13-30-18(3)15-23(19(30)4)24(32)16-33-26-29-28-25(20-9-11-21(27)12-10-20)31(26)22-8-6-7-17(2)14-22/h5-12,14-15H,1,13,16H2,2-4H3. The minimum Gasteiger partial charge on any atom is -0.345 e. The molecule has 0 spiro atoms. The number of ketones is 1. The van der Waals surface area contributed by atoms with Crippen LogP contribution in [0.25, 0.3) is 17.1 Å². The molecule has 0 aliphatic rings. The van der Waals surface area contributed by atoms with Gasteiger partial charge in [0, 0.05) is 39.8 Å². The maximum atomic E-state index is 13.1. The SMILES string of the molecule is C=CCn1c(C)cc(C(=O)CSc2nnc(-c3ccc(Cl)cc3)n2-c2cccc(C)c2)c1C. The zero-order valence-electron chi connectivity index (χ0n) is 18.9. The highest BCUT2D eigenvalue weighted by Crippen LogP contribution is 2.30. The number of rotatable bonds is 8. The largest absolute Gasteiger partial charge is 0.345 e. The van der Waals surface area contributed by atoms with E-state index in [2.05, 4.69) is 27.4 Å². The Kier molecular flexibility index (Phi) is 6.86. The first-order valence-electron chi connectivity index (χ1n) is 10.6. The fourth-order valence-electron chi connectivity index (χ4n) is 3.85. The van der Waals surface area contributed by atoms with Crippen molar-refractivity contribution < 1.29 is 4.79 Å². The lowest BCUT2D eigenvalue weighted by atomic mass is 10.2. The Hall–Kier alpha value is -3.09. The van der Waals surface area contributed by atoms with Crippen LogP contribution in [0.15, 0.2) is 72.4 Å². The lowest BCUT2D eigenvalue weighted by Gasteiger charge is -2.11. The van der Waals surface area contributed by atoms with E-state index in [9.17, 15) is 4.79 Å². The molecule has 33 heavy (non-hydrogen) atoms. The van der Waals surface area contributed by atoms with Crippen LogP contribution in [0, 0.1) is 20.8 Å². The number of hydrogen-bond donors (Lipinski definition) is 0. The van der Waals surface area contributed by atoms with Gasteiger partial charge in [-0.3, -0.25) is 9.36 Å². The van der Waals surface area contributed by atoms with Crippen molar-refractivity contribution in [3.8, 4) is 17.1 Å². The molecular formula is C26H25ClN4OS. The predicted octanol–water partition coefficient (Wildman–Crippen LogP) is 6.48. The zero-order valence-corrected chi connectivity index (χ0v) is 20.5. The van der Waals surface area contributed by atoms with E-state index in [1.807, 2.05) is 79.9 Å². The van der Waals surface area contributed by atoms with Gasteiger partial charge in [-0.15, -0.1) is 16.8 Å². The number of carbonyl (C=O) groups excluding carboxylic acids is 1. The predicted molar refractivity (Wildman–Crippen MR) is 136 cm³/mol. The maximum Gasteiger partial charge on any atom is 0.196 e. The zero-order chi connectivity index (χ0) is 23.5. The Bertz CT molecular complexity index is 1320. The monoisotopic (exact) mass is 476 g/mol. The van der Waals surface area contributed by atoms with Crippen LogP contribution in [-0.2, 0) is 6.54 Å². The third-order valence-electron chi connectivity index (χ3n) is 5.51. The molecule has 0 saturated carbocycles. The molecule has 2 aromatic carbocycles. The van der Waals surface area contributed by atoms with Gasteiger partial charge in [0.1, 0.15) is 0 Å². The van der Waals surface area contributed by atoms with Crippen LogP contribution in [0.1, 0.15) is 27.3 Å². The summed E-state index contributed by atoms with van der Waals surface area (Å²) in [5.74, 6) is 1.04. The maximum absolute atomic E-state index is 13.1. The van der Waals surface area contributed by atoms with E-state index in [-0.39, 0.29) is 11.5 Å². The van der Waals surface area contributed by atoms with Crippen LogP contribution in [0.3, 0.4) is 0 Å². The van der Waals surface area contributed by atoms with Gasteiger partial charge in [-0.25, -0.2) is 0 Å². The van der Waals surface area contributed by atoms with E-state index in [1.54, 1.807) is 0 Å². The number of Topliss-reactive ketones (excluding diaryl/α,β-unsaturated/α-hetero) is 1. The average Bonchev–Trinajstić information content (AvgIpc) is 3.34. The topological polar surface area (TPSA) is 52.7 Å². The highest BCUT2D eigenvalue weighted by Gasteiger charge is 2.20. The van der Waals surface area contributed by atoms with Crippen molar-refractivity contribution in [2.24, 2.45) is 0 Å². The molecule has 0 unspecified atom stereocenters. The van der Waals surface area contributed by atoms with Crippen molar-refractivity contribution in [2.45, 2.75) is 32.5 Å². The fraction of sp³-hybridized carbons (Fsp3) is 0.192. The van der Waals surface area contributed by atoms with Gasteiger partial charge in [-0.1, -0.05) is 41.6 Å². The van der Waals surface area contributed by atoms with Gasteiger partial charge in [0.2, 0.25) is 0 Å². The Morgan fingerprint density at radius 2 is 1.85 bits per heavy atom. The molecule has 0 amide bonds. The minimum atomic E-state index is 0.0650. The first kappa shape index (κ1) is 23.1. The second-order valence-corrected chi connectivity index (χ2v) is 9.26. The Morgan fingerprint density at radius 1 is 1.09 bits per heavy atom. The van der Waals surface area contributed by atoms with E-state index < -0.39 is 0 Å². The van der Waals surface area contributed by atoms with Gasteiger partial charge in [0.05, 0.1) is 5.75 Å². The van der Waals surface area contributed by atoms with Gasteiger partial charge in [-0.2, -0.15) is 0 Å². The summed E-state index contributed by atoms with van der Waals surface area (Å²) in [6.07, 6.45) is 1.84. The number of hydrogen-bond acceptors (Lipinski definition) is 4. The normalized spacial score (nSPS) is 11.0. The van der Waals surface area contributed by atoms with E-state index in [0.717, 1.165) is 33.8 Å². The minimum absolute atomic E-state index is 0.0650. The van der Waals surface area contributed by atoms with E-state index in [1.165, 1.54) is 11.8 Å². The molecule has 0 atom stereocenters. The van der Waals surface area contributed by atoms with Gasteiger partial charge >= 0.3 is 0 Å². The first-order chi connectivity index (χ1) is 15.9. The second-order valence-electron chi connectivity index (χ2n) is 7.88. The summed E-state index contributed by atoms with van der Waals surface area (Å²) in [5, 5.41) is 10.2. The Labute approximate surface area is 203 Å².